The van der Waals surface area contributed by atoms with E-state index in [1.807, 2.05) is 0 Å². The van der Waals surface area contributed by atoms with Gasteiger partial charge < -0.3 is 4.74 Å². The van der Waals surface area contributed by atoms with Crippen LogP contribution in [0.5, 0.6) is 0 Å². The summed E-state index contributed by atoms with van der Waals surface area (Å²) in [5.41, 5.74) is 3.74. The Morgan fingerprint density at radius 3 is 2.32 bits per heavy atom. The van der Waals surface area contributed by atoms with Gasteiger partial charge in [-0.25, -0.2) is 4.98 Å². The van der Waals surface area contributed by atoms with E-state index in [0.717, 1.165) is 5.69 Å². The summed E-state index contributed by atoms with van der Waals surface area (Å²) in [5.74, 6) is 0. The van der Waals surface area contributed by atoms with Crippen LogP contribution in [-0.4, -0.2) is 23.6 Å². The minimum Gasteiger partial charge on any atom is -0.383 e. The van der Waals surface area contributed by atoms with Gasteiger partial charge in [-0.15, -0.1) is 11.3 Å². The van der Waals surface area contributed by atoms with Crippen molar-refractivity contribution in [3.8, 4) is 0 Å². The Hall–Kier alpha value is -2.01. The zero-order valence-corrected chi connectivity index (χ0v) is 15.3. The lowest BCUT2D eigenvalue weighted by molar-refractivity contribution is 0.135. The van der Waals surface area contributed by atoms with Gasteiger partial charge in [0.15, 0.2) is 0 Å². The van der Waals surface area contributed by atoms with Gasteiger partial charge >= 0.3 is 0 Å². The number of nitrogens with zero attached hydrogens (tertiary/aromatic N) is 2. The summed E-state index contributed by atoms with van der Waals surface area (Å²) in [6, 6.07) is 22.3. The van der Waals surface area contributed by atoms with Crippen LogP contribution in [0.2, 0.25) is 0 Å². The van der Waals surface area contributed by atoms with Crippen molar-refractivity contribution in [1.82, 2.24) is 9.88 Å². The third kappa shape index (κ3) is 3.25. The van der Waals surface area contributed by atoms with E-state index in [1.165, 1.54) is 16.1 Å². The van der Waals surface area contributed by atoms with Crippen molar-refractivity contribution >= 4 is 11.3 Å². The standard InChI is InChI=1S/C21H22N2OS/c1-15-14-25-21(22-15)20-19(17-11-7-4-8-12-17)23(20)18(13-24-2)16-9-5-3-6-10-16/h3-12,14,18-20H,13H2,1-2H3/t18-,19+,20+,23?/m0/s1. The predicted molar refractivity (Wildman–Crippen MR) is 102 cm³/mol. The number of hydrogen-bond acceptors (Lipinski definition) is 4. The summed E-state index contributed by atoms with van der Waals surface area (Å²) >= 11 is 1.76. The van der Waals surface area contributed by atoms with Gasteiger partial charge in [0.05, 0.1) is 24.7 Å². The molecule has 128 valence electrons. The molecule has 1 fully saturated rings. The second-order valence-corrected chi connectivity index (χ2v) is 7.35. The molecule has 25 heavy (non-hydrogen) atoms. The van der Waals surface area contributed by atoms with E-state index >= 15 is 0 Å². The van der Waals surface area contributed by atoms with Crippen molar-refractivity contribution in [1.29, 1.82) is 0 Å². The Labute approximate surface area is 152 Å². The molecular formula is C21H22N2OS. The number of ether oxygens (including phenoxy) is 1. The van der Waals surface area contributed by atoms with Gasteiger partial charge in [0.25, 0.3) is 0 Å². The lowest BCUT2D eigenvalue weighted by Gasteiger charge is -2.19. The number of benzene rings is 2. The highest BCUT2D eigenvalue weighted by Crippen LogP contribution is 2.59. The summed E-state index contributed by atoms with van der Waals surface area (Å²) < 4.78 is 5.57. The summed E-state index contributed by atoms with van der Waals surface area (Å²) in [5, 5.41) is 3.34. The van der Waals surface area contributed by atoms with E-state index in [4.69, 9.17) is 9.72 Å². The molecule has 0 amide bonds. The Morgan fingerprint density at radius 2 is 1.72 bits per heavy atom. The minimum absolute atomic E-state index is 0.227. The number of rotatable bonds is 6. The molecule has 0 bridgehead atoms. The highest BCUT2D eigenvalue weighted by molar-refractivity contribution is 7.09. The molecule has 3 aromatic rings. The largest absolute Gasteiger partial charge is 0.383 e. The van der Waals surface area contributed by atoms with E-state index in [0.29, 0.717) is 18.7 Å². The Balaban J connectivity index is 1.71. The smallest absolute Gasteiger partial charge is 0.112 e. The zero-order chi connectivity index (χ0) is 17.2. The van der Waals surface area contributed by atoms with Crippen LogP contribution in [0.3, 0.4) is 0 Å². The van der Waals surface area contributed by atoms with Crippen molar-refractivity contribution in [2.24, 2.45) is 0 Å². The molecular weight excluding hydrogens is 328 g/mol. The maximum absolute atomic E-state index is 5.57. The maximum Gasteiger partial charge on any atom is 0.112 e. The van der Waals surface area contributed by atoms with Gasteiger partial charge in [0, 0.05) is 18.2 Å². The van der Waals surface area contributed by atoms with Crippen LogP contribution in [0.15, 0.2) is 66.0 Å². The second kappa shape index (κ2) is 7.08. The van der Waals surface area contributed by atoms with Crippen LogP contribution in [0.1, 0.15) is 40.0 Å². The SMILES string of the molecule is COC[C@@H](c1ccccc1)N1[C@H](c2ccccc2)[C@@H]1c1nc(C)cs1. The van der Waals surface area contributed by atoms with Crippen LogP contribution in [0.25, 0.3) is 0 Å². The van der Waals surface area contributed by atoms with Crippen LogP contribution < -0.4 is 0 Å². The third-order valence-electron chi connectivity index (χ3n) is 4.75. The number of thiazole rings is 1. The Morgan fingerprint density at radius 1 is 1.04 bits per heavy atom. The maximum atomic E-state index is 5.57. The lowest BCUT2D eigenvalue weighted by Crippen LogP contribution is -2.16. The van der Waals surface area contributed by atoms with Crippen LogP contribution in [0.4, 0.5) is 0 Å². The monoisotopic (exact) mass is 350 g/mol. The molecule has 1 aromatic heterocycles. The molecule has 0 radical (unpaired) electrons. The molecule has 4 atom stereocenters. The Kier molecular flexibility index (Phi) is 4.66. The van der Waals surface area contributed by atoms with E-state index in [1.54, 1.807) is 18.4 Å². The van der Waals surface area contributed by atoms with Crippen molar-refractivity contribution in [3.63, 3.8) is 0 Å². The van der Waals surface area contributed by atoms with E-state index in [-0.39, 0.29) is 6.04 Å². The minimum atomic E-state index is 0.227. The molecule has 3 nitrogen and oxygen atoms in total. The van der Waals surface area contributed by atoms with Crippen LogP contribution in [0, 0.1) is 6.92 Å². The molecule has 1 unspecified atom stereocenters. The first-order valence-electron chi connectivity index (χ1n) is 8.58. The summed E-state index contributed by atoms with van der Waals surface area (Å²) in [4.78, 5) is 7.31. The zero-order valence-electron chi connectivity index (χ0n) is 14.5. The fourth-order valence-corrected chi connectivity index (χ4v) is 4.53. The average Bonchev–Trinajstić information content (AvgIpc) is 3.25. The molecule has 2 heterocycles. The van der Waals surface area contributed by atoms with Crippen molar-refractivity contribution < 1.29 is 4.74 Å². The summed E-state index contributed by atoms with van der Waals surface area (Å²) in [6.07, 6.45) is 0. The van der Waals surface area contributed by atoms with E-state index in [2.05, 4.69) is 77.9 Å². The van der Waals surface area contributed by atoms with Crippen LogP contribution >= 0.6 is 11.3 Å². The first-order chi connectivity index (χ1) is 12.3. The topological polar surface area (TPSA) is 25.1 Å². The molecule has 2 aromatic carbocycles. The van der Waals surface area contributed by atoms with Gasteiger partial charge in [0.1, 0.15) is 5.01 Å². The van der Waals surface area contributed by atoms with Gasteiger partial charge in [-0.1, -0.05) is 60.7 Å². The fourth-order valence-electron chi connectivity index (χ4n) is 3.60. The molecule has 0 aliphatic carbocycles. The molecule has 0 N–H and O–H groups in total. The first kappa shape index (κ1) is 16.5. The van der Waals surface area contributed by atoms with Gasteiger partial charge in [-0.05, 0) is 18.1 Å². The summed E-state index contributed by atoms with van der Waals surface area (Å²) in [7, 11) is 1.78. The number of aryl methyl sites for hydroxylation is 1. The van der Waals surface area contributed by atoms with E-state index < -0.39 is 0 Å². The molecule has 1 saturated heterocycles. The van der Waals surface area contributed by atoms with Crippen molar-refractivity contribution in [2.75, 3.05) is 13.7 Å². The van der Waals surface area contributed by atoms with Crippen LogP contribution in [-0.2, 0) is 4.74 Å². The fraction of sp³-hybridized carbons (Fsp3) is 0.286. The average molecular weight is 350 g/mol. The molecule has 0 spiro atoms. The number of methoxy groups -OCH3 is 1. The molecule has 1 aliphatic heterocycles. The van der Waals surface area contributed by atoms with Crippen molar-refractivity contribution in [2.45, 2.75) is 25.0 Å². The molecule has 4 rings (SSSR count). The molecule has 0 saturated carbocycles. The molecule has 4 heteroatoms. The second-order valence-electron chi connectivity index (χ2n) is 6.46. The van der Waals surface area contributed by atoms with E-state index in [9.17, 15) is 0 Å². The number of aromatic nitrogens is 1. The van der Waals surface area contributed by atoms with Gasteiger partial charge in [-0.3, -0.25) is 4.90 Å². The highest BCUT2D eigenvalue weighted by atomic mass is 32.1. The normalized spacial score (nSPS) is 23.4. The summed E-state index contributed by atoms with van der Waals surface area (Å²) in [6.45, 7) is 2.74. The molecule has 1 aliphatic rings. The Bertz CT molecular complexity index is 818. The first-order valence-corrected chi connectivity index (χ1v) is 9.46. The van der Waals surface area contributed by atoms with Crippen molar-refractivity contribution in [3.05, 3.63) is 87.9 Å². The lowest BCUT2D eigenvalue weighted by atomic mass is 10.1. The van der Waals surface area contributed by atoms with Gasteiger partial charge in [-0.2, -0.15) is 0 Å². The predicted octanol–water partition coefficient (Wildman–Crippen LogP) is 4.94. The third-order valence-corrected chi connectivity index (χ3v) is 5.78. The quantitative estimate of drug-likeness (QED) is 0.589. The van der Waals surface area contributed by atoms with Gasteiger partial charge in [0.2, 0.25) is 0 Å². The number of hydrogen-bond donors (Lipinski definition) is 0. The highest BCUT2D eigenvalue weighted by Gasteiger charge is 2.54.